The lowest BCUT2D eigenvalue weighted by Gasteiger charge is -2.08. The minimum Gasteiger partial charge on any atom is -0.276 e. The summed E-state index contributed by atoms with van der Waals surface area (Å²) in [5.74, 6) is -1.07. The fourth-order valence-corrected chi connectivity index (χ4v) is 2.70. The van der Waals surface area contributed by atoms with Gasteiger partial charge in [-0.3, -0.25) is 14.8 Å². The van der Waals surface area contributed by atoms with Gasteiger partial charge >= 0.3 is 5.69 Å². The van der Waals surface area contributed by atoms with Crippen molar-refractivity contribution in [3.05, 3.63) is 52.3 Å². The Kier molecular flexibility index (Phi) is 3.80. The predicted molar refractivity (Wildman–Crippen MR) is 70.6 cm³/mol. The van der Waals surface area contributed by atoms with Gasteiger partial charge in [-0.05, 0) is 18.6 Å². The number of aryl methyl sites for hydroxylation is 1. The van der Waals surface area contributed by atoms with Crippen molar-refractivity contribution in [3.8, 4) is 0 Å². The number of benzene rings is 1. The van der Waals surface area contributed by atoms with E-state index in [2.05, 4.69) is 14.7 Å². The molecule has 2 rings (SSSR count). The summed E-state index contributed by atoms with van der Waals surface area (Å²) < 4.78 is 40.0. The Labute approximate surface area is 118 Å². The molecule has 0 aliphatic carbocycles. The average Bonchev–Trinajstić information content (AvgIpc) is 2.41. The van der Waals surface area contributed by atoms with Gasteiger partial charge in [-0.2, -0.15) is 4.39 Å². The molecule has 1 aromatic carbocycles. The first-order valence-electron chi connectivity index (χ1n) is 5.53. The van der Waals surface area contributed by atoms with Gasteiger partial charge in [0.15, 0.2) is 0 Å². The van der Waals surface area contributed by atoms with E-state index in [0.717, 1.165) is 6.07 Å². The van der Waals surface area contributed by atoms with Crippen molar-refractivity contribution in [3.63, 3.8) is 0 Å². The van der Waals surface area contributed by atoms with Crippen LogP contribution >= 0.6 is 0 Å². The van der Waals surface area contributed by atoms with Crippen LogP contribution in [-0.4, -0.2) is 23.3 Å². The molecule has 21 heavy (non-hydrogen) atoms. The van der Waals surface area contributed by atoms with Crippen molar-refractivity contribution in [2.75, 3.05) is 4.72 Å². The summed E-state index contributed by atoms with van der Waals surface area (Å²) in [5.41, 5.74) is -0.962. The van der Waals surface area contributed by atoms with E-state index >= 15 is 0 Å². The van der Waals surface area contributed by atoms with Crippen molar-refractivity contribution < 1.29 is 17.7 Å². The Bertz CT molecular complexity index is 795. The molecule has 8 nitrogen and oxygen atoms in total. The van der Waals surface area contributed by atoms with E-state index < -0.39 is 31.3 Å². The van der Waals surface area contributed by atoms with Crippen LogP contribution in [0, 0.1) is 22.9 Å². The van der Waals surface area contributed by atoms with Gasteiger partial charge < -0.3 is 0 Å². The molecule has 0 unspecified atom stereocenters. The highest BCUT2D eigenvalue weighted by Gasteiger charge is 2.24. The smallest absolute Gasteiger partial charge is 0.276 e. The van der Waals surface area contributed by atoms with E-state index in [-0.39, 0.29) is 11.3 Å². The van der Waals surface area contributed by atoms with Crippen LogP contribution in [0.2, 0.25) is 0 Å². The maximum atomic E-state index is 13.6. The molecule has 2 aromatic rings. The highest BCUT2D eigenvalue weighted by Crippen LogP contribution is 2.26. The first-order valence-corrected chi connectivity index (χ1v) is 7.02. The second-order valence-electron chi connectivity index (χ2n) is 4.06. The fraction of sp³-hybridized carbons (Fsp3) is 0.0909. The van der Waals surface area contributed by atoms with Gasteiger partial charge in [0, 0.05) is 6.07 Å². The van der Waals surface area contributed by atoms with Gasteiger partial charge in [0.1, 0.15) is 6.33 Å². The molecule has 1 heterocycles. The number of anilines is 1. The molecular formula is C11H9FN4O4S. The van der Waals surface area contributed by atoms with Gasteiger partial charge in [-0.1, -0.05) is 0 Å². The minimum absolute atomic E-state index is 0.0853. The zero-order valence-electron chi connectivity index (χ0n) is 10.6. The molecule has 10 heteroatoms. The molecule has 0 atom stereocenters. The third-order valence-electron chi connectivity index (χ3n) is 2.53. The van der Waals surface area contributed by atoms with E-state index in [1.165, 1.54) is 25.6 Å². The zero-order chi connectivity index (χ0) is 15.6. The molecule has 0 aliphatic heterocycles. The highest BCUT2D eigenvalue weighted by molar-refractivity contribution is 7.92. The number of sulfonamides is 1. The fourth-order valence-electron chi connectivity index (χ4n) is 1.57. The van der Waals surface area contributed by atoms with E-state index in [9.17, 15) is 22.9 Å². The van der Waals surface area contributed by atoms with E-state index in [1.54, 1.807) is 0 Å². The van der Waals surface area contributed by atoms with Crippen LogP contribution in [0.25, 0.3) is 0 Å². The van der Waals surface area contributed by atoms with Gasteiger partial charge in [0.25, 0.3) is 10.0 Å². The van der Waals surface area contributed by atoms with Crippen LogP contribution in [0.3, 0.4) is 0 Å². The summed E-state index contributed by atoms with van der Waals surface area (Å²) in [6.45, 7) is 1.24. The summed E-state index contributed by atoms with van der Waals surface area (Å²) in [6.07, 6.45) is 3.65. The lowest BCUT2D eigenvalue weighted by Crippen LogP contribution is -2.14. The number of nitro benzene ring substituents is 1. The number of rotatable bonds is 4. The predicted octanol–water partition coefficient (Wildman–Crippen LogP) is 1.63. The topological polar surface area (TPSA) is 115 Å². The largest absolute Gasteiger partial charge is 0.306 e. The number of nitrogens with one attached hydrogen (secondary N) is 1. The zero-order valence-corrected chi connectivity index (χ0v) is 11.5. The van der Waals surface area contributed by atoms with E-state index in [0.29, 0.717) is 6.07 Å². The van der Waals surface area contributed by atoms with Crippen LogP contribution in [0.4, 0.5) is 15.8 Å². The lowest BCUT2D eigenvalue weighted by atomic mass is 10.2. The average molecular weight is 312 g/mol. The molecule has 1 N–H and O–H groups in total. The number of hydrogen-bond acceptors (Lipinski definition) is 6. The quantitative estimate of drug-likeness (QED) is 0.677. The summed E-state index contributed by atoms with van der Waals surface area (Å²) in [7, 11) is -4.11. The van der Waals surface area contributed by atoms with Crippen molar-refractivity contribution in [2.24, 2.45) is 0 Å². The summed E-state index contributed by atoms with van der Waals surface area (Å²) in [4.78, 5) is 16.6. The Morgan fingerprint density at radius 3 is 2.48 bits per heavy atom. The van der Waals surface area contributed by atoms with Gasteiger partial charge in [-0.15, -0.1) is 0 Å². The van der Waals surface area contributed by atoms with Gasteiger partial charge in [0.2, 0.25) is 5.82 Å². The van der Waals surface area contributed by atoms with Gasteiger partial charge in [-0.25, -0.2) is 18.4 Å². The summed E-state index contributed by atoms with van der Waals surface area (Å²) in [5, 5.41) is 10.7. The molecular weight excluding hydrogens is 303 g/mol. The second kappa shape index (κ2) is 5.40. The van der Waals surface area contributed by atoms with Crippen LogP contribution in [0.15, 0.2) is 35.7 Å². The molecule has 0 fully saturated rings. The number of halogens is 1. The Hall–Kier alpha value is -2.62. The maximum absolute atomic E-state index is 13.6. The van der Waals surface area contributed by atoms with Crippen molar-refractivity contribution in [1.29, 1.82) is 0 Å². The first-order chi connectivity index (χ1) is 9.81. The van der Waals surface area contributed by atoms with Gasteiger partial charge in [0.05, 0.1) is 27.9 Å². The molecule has 0 spiro atoms. The van der Waals surface area contributed by atoms with E-state index in [1.807, 2.05) is 0 Å². The van der Waals surface area contributed by atoms with Crippen LogP contribution in [0.1, 0.15) is 5.56 Å². The second-order valence-corrected chi connectivity index (χ2v) is 5.75. The third-order valence-corrected chi connectivity index (χ3v) is 3.89. The lowest BCUT2D eigenvalue weighted by molar-refractivity contribution is -0.387. The number of hydrogen-bond donors (Lipinski definition) is 1. The SMILES string of the molecule is Cc1cc(S(=O)(=O)Nc2cncnc2)cc([N+](=O)[O-])c1F. The molecule has 0 saturated carbocycles. The van der Waals surface area contributed by atoms with Crippen molar-refractivity contribution in [2.45, 2.75) is 11.8 Å². The van der Waals surface area contributed by atoms with Crippen LogP contribution in [-0.2, 0) is 10.0 Å². The van der Waals surface area contributed by atoms with Crippen molar-refractivity contribution in [1.82, 2.24) is 9.97 Å². The molecule has 0 saturated heterocycles. The molecule has 0 bridgehead atoms. The molecule has 1 aromatic heterocycles. The molecule has 0 radical (unpaired) electrons. The highest BCUT2D eigenvalue weighted by atomic mass is 32.2. The maximum Gasteiger partial charge on any atom is 0.306 e. The summed E-state index contributed by atoms with van der Waals surface area (Å²) in [6, 6.07) is 1.67. The molecule has 110 valence electrons. The third kappa shape index (κ3) is 3.11. The summed E-state index contributed by atoms with van der Waals surface area (Å²) >= 11 is 0. The first kappa shape index (κ1) is 14.8. The number of nitro groups is 1. The van der Waals surface area contributed by atoms with Crippen LogP contribution in [0.5, 0.6) is 0 Å². The molecule has 0 amide bonds. The van der Waals surface area contributed by atoms with E-state index in [4.69, 9.17) is 0 Å². The molecule has 0 aliphatic rings. The van der Waals surface area contributed by atoms with Crippen LogP contribution < -0.4 is 4.72 Å². The Morgan fingerprint density at radius 1 is 1.29 bits per heavy atom. The number of nitrogens with zero attached hydrogens (tertiary/aromatic N) is 3. The number of aromatic nitrogens is 2. The monoisotopic (exact) mass is 312 g/mol. The Balaban J connectivity index is 2.48. The Morgan fingerprint density at radius 2 is 1.90 bits per heavy atom. The normalized spacial score (nSPS) is 11.1. The standard InChI is InChI=1S/C11H9FN4O4S/c1-7-2-9(3-10(11(7)12)16(17)18)21(19,20)15-8-4-13-6-14-5-8/h2-6,15H,1H3. The minimum atomic E-state index is -4.11. The van der Waals surface area contributed by atoms with Crippen molar-refractivity contribution >= 4 is 21.4 Å².